The van der Waals surface area contributed by atoms with E-state index in [-0.39, 0.29) is 17.9 Å². The van der Waals surface area contributed by atoms with E-state index < -0.39 is 6.10 Å². The molecule has 146 valence electrons. The molecule has 0 unspecified atom stereocenters. The lowest BCUT2D eigenvalue weighted by Crippen LogP contribution is -2.71. The average molecular weight is 406 g/mol. The minimum Gasteiger partial charge on any atom is -0.497 e. The van der Waals surface area contributed by atoms with Gasteiger partial charge in [0.25, 0.3) is 5.91 Å². The van der Waals surface area contributed by atoms with Crippen LogP contribution in [0.15, 0.2) is 66.7 Å². The van der Waals surface area contributed by atoms with E-state index in [0.29, 0.717) is 5.02 Å². The SMILES string of the molecule is COc1ccc(N2C(=O)[C@@H]3Oc4ccc(Cl)cc4[C@@H](c4ccc(C)cc4)[C@@H]32)cc1. The zero-order valence-electron chi connectivity index (χ0n) is 16.1. The van der Waals surface area contributed by atoms with Crippen molar-refractivity contribution >= 4 is 23.2 Å². The largest absolute Gasteiger partial charge is 0.497 e. The Labute approximate surface area is 174 Å². The molecule has 2 aliphatic rings. The van der Waals surface area contributed by atoms with Gasteiger partial charge in [0.05, 0.1) is 13.2 Å². The van der Waals surface area contributed by atoms with Crippen LogP contribution in [0.3, 0.4) is 0 Å². The highest BCUT2D eigenvalue weighted by Crippen LogP contribution is 2.49. The van der Waals surface area contributed by atoms with Crippen molar-refractivity contribution < 1.29 is 14.3 Å². The van der Waals surface area contributed by atoms with Gasteiger partial charge in [0.2, 0.25) is 0 Å². The summed E-state index contributed by atoms with van der Waals surface area (Å²) in [4.78, 5) is 14.8. The molecule has 2 aliphatic heterocycles. The van der Waals surface area contributed by atoms with Crippen LogP contribution in [-0.2, 0) is 4.79 Å². The maximum absolute atomic E-state index is 13.0. The molecule has 4 nitrogen and oxygen atoms in total. The van der Waals surface area contributed by atoms with Gasteiger partial charge in [-0.3, -0.25) is 4.79 Å². The van der Waals surface area contributed by atoms with Crippen LogP contribution in [0.5, 0.6) is 11.5 Å². The zero-order chi connectivity index (χ0) is 20.1. The summed E-state index contributed by atoms with van der Waals surface area (Å²) in [5.41, 5.74) is 4.18. The molecule has 0 aliphatic carbocycles. The van der Waals surface area contributed by atoms with Crippen LogP contribution in [0.4, 0.5) is 5.69 Å². The molecule has 0 bridgehead atoms. The fraction of sp³-hybridized carbons (Fsp3) is 0.208. The Morgan fingerprint density at radius 3 is 2.41 bits per heavy atom. The molecule has 0 N–H and O–H groups in total. The summed E-state index contributed by atoms with van der Waals surface area (Å²) in [5.74, 6) is 1.43. The first-order chi connectivity index (χ1) is 14.1. The molecule has 0 aromatic heterocycles. The van der Waals surface area contributed by atoms with Gasteiger partial charge in [-0.15, -0.1) is 0 Å². The molecule has 5 rings (SSSR count). The van der Waals surface area contributed by atoms with Crippen LogP contribution in [0.1, 0.15) is 22.6 Å². The van der Waals surface area contributed by atoms with Crippen molar-refractivity contribution in [3.05, 3.63) is 88.4 Å². The second kappa shape index (κ2) is 6.82. The quantitative estimate of drug-likeness (QED) is 0.578. The number of hydrogen-bond acceptors (Lipinski definition) is 3. The standard InChI is InChI=1S/C24H20ClNO3/c1-14-3-5-15(6-4-14)21-19-13-16(25)7-12-20(19)29-23-22(21)26(24(23)27)17-8-10-18(28-2)11-9-17/h3-13,21-23H,1-2H3/t21-,22+,23-/m1/s1. The van der Waals surface area contributed by atoms with E-state index in [1.807, 2.05) is 41.3 Å². The van der Waals surface area contributed by atoms with E-state index in [0.717, 1.165) is 28.3 Å². The maximum atomic E-state index is 13.0. The Bertz CT molecular complexity index is 1080. The Balaban J connectivity index is 1.62. The molecule has 3 atom stereocenters. The van der Waals surface area contributed by atoms with Gasteiger partial charge in [0.15, 0.2) is 6.10 Å². The van der Waals surface area contributed by atoms with Crippen molar-refractivity contribution in [1.82, 2.24) is 0 Å². The lowest BCUT2D eigenvalue weighted by atomic mass is 9.74. The molecule has 1 fully saturated rings. The van der Waals surface area contributed by atoms with Crippen LogP contribution in [0.2, 0.25) is 5.02 Å². The number of ether oxygens (including phenoxy) is 2. The molecule has 3 aromatic rings. The normalized spacial score (nSPS) is 22.2. The second-order valence-electron chi connectivity index (χ2n) is 7.51. The van der Waals surface area contributed by atoms with Crippen molar-refractivity contribution in [2.24, 2.45) is 0 Å². The summed E-state index contributed by atoms with van der Waals surface area (Å²) in [5, 5.41) is 0.657. The summed E-state index contributed by atoms with van der Waals surface area (Å²) in [6.45, 7) is 2.07. The van der Waals surface area contributed by atoms with Crippen molar-refractivity contribution in [3.63, 3.8) is 0 Å². The van der Waals surface area contributed by atoms with Gasteiger partial charge in [0.1, 0.15) is 11.5 Å². The maximum Gasteiger partial charge on any atom is 0.270 e. The van der Waals surface area contributed by atoms with E-state index in [4.69, 9.17) is 21.1 Å². The summed E-state index contributed by atoms with van der Waals surface area (Å²) in [6.07, 6.45) is -0.503. The number of carbonyl (C=O) groups excluding carboxylic acids is 1. The van der Waals surface area contributed by atoms with Gasteiger partial charge in [-0.2, -0.15) is 0 Å². The van der Waals surface area contributed by atoms with E-state index in [1.165, 1.54) is 5.56 Å². The summed E-state index contributed by atoms with van der Waals surface area (Å²) < 4.78 is 11.3. The van der Waals surface area contributed by atoms with E-state index >= 15 is 0 Å². The first-order valence-corrected chi connectivity index (χ1v) is 9.94. The van der Waals surface area contributed by atoms with Crippen LogP contribution < -0.4 is 14.4 Å². The first kappa shape index (κ1) is 18.1. The average Bonchev–Trinajstić information content (AvgIpc) is 2.74. The minimum absolute atomic E-state index is 0.0251. The number of hydrogen-bond donors (Lipinski definition) is 0. The van der Waals surface area contributed by atoms with Gasteiger partial charge >= 0.3 is 0 Å². The third kappa shape index (κ3) is 2.87. The zero-order valence-corrected chi connectivity index (χ0v) is 16.9. The van der Waals surface area contributed by atoms with Gasteiger partial charge in [-0.1, -0.05) is 41.4 Å². The summed E-state index contributed by atoms with van der Waals surface area (Å²) in [7, 11) is 1.63. The van der Waals surface area contributed by atoms with Crippen molar-refractivity contribution in [2.75, 3.05) is 12.0 Å². The Kier molecular flexibility index (Phi) is 4.25. The Morgan fingerprint density at radius 1 is 1.00 bits per heavy atom. The number of carbonyl (C=O) groups is 1. The third-order valence-corrected chi connectivity index (χ3v) is 6.01. The number of fused-ring (bicyclic) bond motifs is 2. The predicted octanol–water partition coefficient (Wildman–Crippen LogP) is 4.97. The Morgan fingerprint density at radius 2 is 1.72 bits per heavy atom. The van der Waals surface area contributed by atoms with Gasteiger partial charge in [-0.05, 0) is 55.0 Å². The highest BCUT2D eigenvalue weighted by molar-refractivity contribution is 6.30. The van der Waals surface area contributed by atoms with E-state index in [9.17, 15) is 4.79 Å². The van der Waals surface area contributed by atoms with Crippen molar-refractivity contribution in [3.8, 4) is 11.5 Å². The molecule has 0 radical (unpaired) electrons. The number of anilines is 1. The number of rotatable bonds is 3. The topological polar surface area (TPSA) is 38.8 Å². The van der Waals surface area contributed by atoms with Crippen LogP contribution >= 0.6 is 11.6 Å². The number of nitrogens with zero attached hydrogens (tertiary/aromatic N) is 1. The molecular formula is C24H20ClNO3. The minimum atomic E-state index is -0.503. The number of benzene rings is 3. The second-order valence-corrected chi connectivity index (χ2v) is 7.94. The lowest BCUT2D eigenvalue weighted by molar-refractivity contribution is -0.136. The lowest BCUT2D eigenvalue weighted by Gasteiger charge is -2.53. The summed E-state index contributed by atoms with van der Waals surface area (Å²) >= 11 is 6.32. The smallest absolute Gasteiger partial charge is 0.270 e. The van der Waals surface area contributed by atoms with Gasteiger partial charge in [0, 0.05) is 22.2 Å². The van der Waals surface area contributed by atoms with Crippen LogP contribution in [0.25, 0.3) is 0 Å². The fourth-order valence-corrected chi connectivity index (χ4v) is 4.49. The third-order valence-electron chi connectivity index (χ3n) is 5.78. The highest BCUT2D eigenvalue weighted by atomic mass is 35.5. The number of methoxy groups -OCH3 is 1. The molecule has 29 heavy (non-hydrogen) atoms. The molecular weight excluding hydrogens is 386 g/mol. The predicted molar refractivity (Wildman–Crippen MR) is 113 cm³/mol. The molecule has 5 heteroatoms. The molecule has 1 saturated heterocycles. The van der Waals surface area contributed by atoms with Crippen LogP contribution in [-0.4, -0.2) is 25.2 Å². The van der Waals surface area contributed by atoms with Crippen LogP contribution in [0, 0.1) is 6.92 Å². The van der Waals surface area contributed by atoms with Gasteiger partial charge < -0.3 is 14.4 Å². The summed E-state index contributed by atoms with van der Waals surface area (Å²) in [6, 6.07) is 21.5. The van der Waals surface area contributed by atoms with Crippen molar-refractivity contribution in [1.29, 1.82) is 0 Å². The monoisotopic (exact) mass is 405 g/mol. The fourth-order valence-electron chi connectivity index (χ4n) is 4.31. The number of aryl methyl sites for hydroxylation is 1. The number of β-lactam (4-membered cyclic amide) rings is 1. The first-order valence-electron chi connectivity index (χ1n) is 9.56. The number of halogens is 1. The molecule has 0 saturated carbocycles. The van der Waals surface area contributed by atoms with E-state index in [2.05, 4.69) is 31.2 Å². The van der Waals surface area contributed by atoms with Gasteiger partial charge in [-0.25, -0.2) is 0 Å². The highest BCUT2D eigenvalue weighted by Gasteiger charge is 2.57. The number of amides is 1. The molecule has 1 amide bonds. The molecule has 0 spiro atoms. The molecule has 2 heterocycles. The Hall–Kier alpha value is -2.98. The van der Waals surface area contributed by atoms with Crippen molar-refractivity contribution in [2.45, 2.75) is 25.0 Å². The molecule has 3 aromatic carbocycles. The van der Waals surface area contributed by atoms with E-state index in [1.54, 1.807) is 13.2 Å².